The number of carbonyl (C=O) groups is 1. The Morgan fingerprint density at radius 3 is 2.47 bits per heavy atom. The molecule has 0 bridgehead atoms. The minimum absolute atomic E-state index is 0.251. The van der Waals surface area contributed by atoms with Crippen LogP contribution in [0.4, 0.5) is 5.69 Å². The third-order valence-corrected chi connectivity index (χ3v) is 5.93. The smallest absolute Gasteiger partial charge is 0.291 e. The molecule has 4 rings (SSSR count). The second-order valence-corrected chi connectivity index (χ2v) is 8.10. The SMILES string of the molecule is COc1ccc(OC)c(Cc2ccc(C(=O)Nc3ccccc3Sc3ccccc3)o2)c1. The Balaban J connectivity index is 1.49. The number of hydrogen-bond donors (Lipinski definition) is 1. The maximum absolute atomic E-state index is 12.8. The van der Waals surface area contributed by atoms with Crippen LogP contribution in [0.15, 0.2) is 99.1 Å². The van der Waals surface area contributed by atoms with E-state index in [-0.39, 0.29) is 11.7 Å². The van der Waals surface area contributed by atoms with Gasteiger partial charge in [-0.2, -0.15) is 0 Å². The molecule has 162 valence electrons. The maximum Gasteiger partial charge on any atom is 0.291 e. The summed E-state index contributed by atoms with van der Waals surface area (Å²) in [5.41, 5.74) is 1.65. The van der Waals surface area contributed by atoms with E-state index >= 15 is 0 Å². The predicted octanol–water partition coefficient (Wildman–Crippen LogP) is 6.29. The van der Waals surface area contributed by atoms with Crippen molar-refractivity contribution in [3.8, 4) is 11.5 Å². The highest BCUT2D eigenvalue weighted by Gasteiger charge is 2.15. The molecule has 0 saturated heterocycles. The van der Waals surface area contributed by atoms with Crippen LogP contribution >= 0.6 is 11.8 Å². The van der Waals surface area contributed by atoms with Crippen LogP contribution in [0.2, 0.25) is 0 Å². The summed E-state index contributed by atoms with van der Waals surface area (Å²) in [6.45, 7) is 0. The van der Waals surface area contributed by atoms with Crippen LogP contribution in [0.3, 0.4) is 0 Å². The zero-order valence-electron chi connectivity index (χ0n) is 17.8. The highest BCUT2D eigenvalue weighted by atomic mass is 32.2. The molecule has 0 spiro atoms. The Kier molecular flexibility index (Phi) is 6.82. The Bertz CT molecular complexity index is 1200. The first kappa shape index (κ1) is 21.6. The van der Waals surface area contributed by atoms with Gasteiger partial charge in [-0.15, -0.1) is 0 Å². The van der Waals surface area contributed by atoms with E-state index in [1.807, 2.05) is 72.8 Å². The van der Waals surface area contributed by atoms with Crippen LogP contribution < -0.4 is 14.8 Å². The first-order valence-electron chi connectivity index (χ1n) is 10.1. The summed E-state index contributed by atoms with van der Waals surface area (Å²) >= 11 is 1.59. The lowest BCUT2D eigenvalue weighted by molar-refractivity contribution is 0.0995. The minimum atomic E-state index is -0.296. The van der Waals surface area contributed by atoms with Gasteiger partial charge in [0.2, 0.25) is 0 Å². The van der Waals surface area contributed by atoms with E-state index in [2.05, 4.69) is 5.32 Å². The van der Waals surface area contributed by atoms with Crippen LogP contribution in [0.25, 0.3) is 0 Å². The number of benzene rings is 3. The highest BCUT2D eigenvalue weighted by Crippen LogP contribution is 2.33. The van der Waals surface area contributed by atoms with Crippen molar-refractivity contribution in [2.75, 3.05) is 19.5 Å². The van der Waals surface area contributed by atoms with Crippen molar-refractivity contribution in [1.82, 2.24) is 0 Å². The Labute approximate surface area is 191 Å². The molecule has 0 saturated carbocycles. The van der Waals surface area contributed by atoms with E-state index in [1.165, 1.54) is 0 Å². The number of para-hydroxylation sites is 1. The fourth-order valence-electron chi connectivity index (χ4n) is 3.26. The Morgan fingerprint density at radius 1 is 0.906 bits per heavy atom. The van der Waals surface area contributed by atoms with Crippen molar-refractivity contribution in [1.29, 1.82) is 0 Å². The van der Waals surface area contributed by atoms with Gasteiger partial charge in [0.1, 0.15) is 17.3 Å². The van der Waals surface area contributed by atoms with Crippen molar-refractivity contribution in [2.45, 2.75) is 16.2 Å². The van der Waals surface area contributed by atoms with Gasteiger partial charge in [0.25, 0.3) is 5.91 Å². The van der Waals surface area contributed by atoms with Gasteiger partial charge in [-0.25, -0.2) is 0 Å². The highest BCUT2D eigenvalue weighted by molar-refractivity contribution is 7.99. The maximum atomic E-state index is 12.8. The van der Waals surface area contributed by atoms with Crippen LogP contribution in [0.5, 0.6) is 11.5 Å². The van der Waals surface area contributed by atoms with Gasteiger partial charge in [-0.1, -0.05) is 42.1 Å². The van der Waals surface area contributed by atoms with Gasteiger partial charge in [0, 0.05) is 21.8 Å². The predicted molar refractivity (Wildman–Crippen MR) is 126 cm³/mol. The number of amides is 1. The molecule has 0 aliphatic carbocycles. The van der Waals surface area contributed by atoms with Crippen LogP contribution in [-0.2, 0) is 6.42 Å². The molecule has 1 aromatic heterocycles. The summed E-state index contributed by atoms with van der Waals surface area (Å²) in [6, 6.07) is 26.8. The van der Waals surface area contributed by atoms with E-state index in [9.17, 15) is 4.79 Å². The number of nitrogens with one attached hydrogen (secondary N) is 1. The molecule has 4 aromatic rings. The lowest BCUT2D eigenvalue weighted by atomic mass is 10.1. The van der Waals surface area contributed by atoms with E-state index in [1.54, 1.807) is 38.1 Å². The number of anilines is 1. The van der Waals surface area contributed by atoms with E-state index in [0.29, 0.717) is 12.2 Å². The molecular formula is C26H23NO4S. The zero-order valence-corrected chi connectivity index (χ0v) is 18.6. The monoisotopic (exact) mass is 445 g/mol. The second kappa shape index (κ2) is 10.1. The largest absolute Gasteiger partial charge is 0.497 e. The zero-order chi connectivity index (χ0) is 22.3. The van der Waals surface area contributed by atoms with E-state index in [4.69, 9.17) is 13.9 Å². The molecule has 32 heavy (non-hydrogen) atoms. The average molecular weight is 446 g/mol. The topological polar surface area (TPSA) is 60.7 Å². The van der Waals surface area contributed by atoms with Gasteiger partial charge in [0.15, 0.2) is 5.76 Å². The van der Waals surface area contributed by atoms with E-state index < -0.39 is 0 Å². The van der Waals surface area contributed by atoms with Crippen molar-refractivity contribution in [3.05, 3.63) is 102 Å². The summed E-state index contributed by atoms with van der Waals surface area (Å²) in [4.78, 5) is 14.9. The molecule has 0 radical (unpaired) electrons. The van der Waals surface area contributed by atoms with Crippen molar-refractivity contribution < 1.29 is 18.7 Å². The normalized spacial score (nSPS) is 10.6. The number of hydrogen-bond acceptors (Lipinski definition) is 5. The molecule has 0 unspecified atom stereocenters. The summed E-state index contributed by atoms with van der Waals surface area (Å²) in [6.07, 6.45) is 0.480. The van der Waals surface area contributed by atoms with Gasteiger partial charge < -0.3 is 19.2 Å². The number of carbonyl (C=O) groups excluding carboxylic acids is 1. The Hall–Kier alpha value is -3.64. The molecule has 0 fully saturated rings. The molecule has 1 N–H and O–H groups in total. The van der Waals surface area contributed by atoms with Crippen molar-refractivity contribution in [3.63, 3.8) is 0 Å². The third kappa shape index (κ3) is 5.15. The molecule has 0 aliphatic heterocycles. The molecular weight excluding hydrogens is 422 g/mol. The van der Waals surface area contributed by atoms with Crippen LogP contribution in [0.1, 0.15) is 21.9 Å². The summed E-state index contributed by atoms with van der Waals surface area (Å²) < 4.78 is 16.6. The third-order valence-electron chi connectivity index (χ3n) is 4.84. The van der Waals surface area contributed by atoms with Crippen LogP contribution in [0, 0.1) is 0 Å². The van der Waals surface area contributed by atoms with E-state index in [0.717, 1.165) is 32.5 Å². The molecule has 0 aliphatic rings. The fourth-order valence-corrected chi connectivity index (χ4v) is 4.18. The molecule has 1 heterocycles. The second-order valence-electron chi connectivity index (χ2n) is 6.99. The summed E-state index contributed by atoms with van der Waals surface area (Å²) in [5, 5.41) is 2.97. The van der Waals surface area contributed by atoms with Gasteiger partial charge in [0.05, 0.1) is 19.9 Å². The molecule has 3 aromatic carbocycles. The van der Waals surface area contributed by atoms with Crippen LogP contribution in [-0.4, -0.2) is 20.1 Å². The number of ether oxygens (including phenoxy) is 2. The van der Waals surface area contributed by atoms with Crippen molar-refractivity contribution in [2.24, 2.45) is 0 Å². The fraction of sp³-hybridized carbons (Fsp3) is 0.115. The summed E-state index contributed by atoms with van der Waals surface area (Å²) in [5.74, 6) is 2.09. The van der Waals surface area contributed by atoms with Crippen molar-refractivity contribution >= 4 is 23.4 Å². The lowest BCUT2D eigenvalue weighted by Crippen LogP contribution is -2.11. The standard InChI is InChI=1S/C26H23NO4S/c1-29-19-12-14-23(30-2)18(16-19)17-20-13-15-24(31-20)26(28)27-22-10-6-7-11-25(22)32-21-8-4-3-5-9-21/h3-16H,17H2,1-2H3,(H,27,28). The molecule has 1 amide bonds. The first-order chi connectivity index (χ1) is 15.7. The molecule has 6 heteroatoms. The molecule has 0 atom stereocenters. The first-order valence-corrected chi connectivity index (χ1v) is 10.9. The quantitative estimate of drug-likeness (QED) is 0.345. The van der Waals surface area contributed by atoms with Gasteiger partial charge in [-0.3, -0.25) is 4.79 Å². The molecule has 5 nitrogen and oxygen atoms in total. The lowest BCUT2D eigenvalue weighted by Gasteiger charge is -2.10. The summed E-state index contributed by atoms with van der Waals surface area (Å²) in [7, 11) is 3.24. The number of methoxy groups -OCH3 is 2. The minimum Gasteiger partial charge on any atom is -0.497 e. The number of rotatable bonds is 8. The van der Waals surface area contributed by atoms with Gasteiger partial charge >= 0.3 is 0 Å². The number of furan rings is 1. The average Bonchev–Trinajstić information content (AvgIpc) is 3.29. The van der Waals surface area contributed by atoms with Gasteiger partial charge in [-0.05, 0) is 54.6 Å². The Morgan fingerprint density at radius 2 is 1.69 bits per heavy atom.